The molecule has 4 nitrogen and oxygen atoms in total. The summed E-state index contributed by atoms with van der Waals surface area (Å²) in [6.45, 7) is 12.1. The van der Waals surface area contributed by atoms with Crippen molar-refractivity contribution >= 4 is 6.09 Å². The summed E-state index contributed by atoms with van der Waals surface area (Å²) in [6, 6.07) is 0.156. The Bertz CT molecular complexity index is 407. The van der Waals surface area contributed by atoms with Crippen LogP contribution in [0.15, 0.2) is 0 Å². The summed E-state index contributed by atoms with van der Waals surface area (Å²) >= 11 is 0. The molecule has 0 aliphatic rings. The minimum Gasteiger partial charge on any atom is -0.444 e. The molecule has 0 saturated heterocycles. The summed E-state index contributed by atoms with van der Waals surface area (Å²) in [7, 11) is 0. The second-order valence-electron chi connectivity index (χ2n) is 10.6. The van der Waals surface area contributed by atoms with Gasteiger partial charge < -0.3 is 15.4 Å². The Balaban J connectivity index is 3.88. The zero-order valence-corrected chi connectivity index (χ0v) is 22.5. The van der Waals surface area contributed by atoms with E-state index >= 15 is 0 Å². The van der Waals surface area contributed by atoms with E-state index in [9.17, 15) is 4.79 Å². The lowest BCUT2D eigenvalue weighted by Gasteiger charge is -2.24. The van der Waals surface area contributed by atoms with E-state index in [0.29, 0.717) is 0 Å². The maximum atomic E-state index is 12.2. The summed E-state index contributed by atoms with van der Waals surface area (Å²) < 4.78 is 5.47. The van der Waals surface area contributed by atoms with Crippen molar-refractivity contribution in [1.82, 2.24) is 10.6 Å². The first-order chi connectivity index (χ1) is 15.4. The number of rotatable bonds is 22. The van der Waals surface area contributed by atoms with E-state index in [1.165, 1.54) is 109 Å². The molecule has 0 spiro atoms. The van der Waals surface area contributed by atoms with Gasteiger partial charge in [-0.3, -0.25) is 0 Å². The largest absolute Gasteiger partial charge is 0.444 e. The third-order valence-electron chi connectivity index (χ3n) is 5.97. The normalized spacial score (nSPS) is 12.7. The molecule has 4 heteroatoms. The van der Waals surface area contributed by atoms with Crippen LogP contribution in [0.3, 0.4) is 0 Å². The number of amides is 1. The highest BCUT2D eigenvalue weighted by atomic mass is 16.6. The van der Waals surface area contributed by atoms with E-state index in [1.54, 1.807) is 0 Å². The van der Waals surface area contributed by atoms with E-state index in [-0.39, 0.29) is 12.1 Å². The van der Waals surface area contributed by atoms with Gasteiger partial charge in [-0.15, -0.1) is 0 Å². The van der Waals surface area contributed by atoms with Gasteiger partial charge in [-0.1, -0.05) is 117 Å². The Morgan fingerprint density at radius 3 is 1.59 bits per heavy atom. The molecule has 0 aliphatic heterocycles. The number of unbranched alkanes of at least 4 members (excludes halogenated alkanes) is 15. The SMILES string of the molecule is CCCCCCCCCCCCCCCC(CNCCCCCC)NC(=O)OC(C)(C)C. The Hall–Kier alpha value is -0.770. The van der Waals surface area contributed by atoms with Crippen molar-refractivity contribution in [3.8, 4) is 0 Å². The Kier molecular flexibility index (Phi) is 21.5. The lowest BCUT2D eigenvalue weighted by Crippen LogP contribution is -2.44. The van der Waals surface area contributed by atoms with Gasteiger partial charge >= 0.3 is 6.09 Å². The fourth-order valence-electron chi connectivity index (χ4n) is 4.06. The maximum Gasteiger partial charge on any atom is 0.407 e. The van der Waals surface area contributed by atoms with Crippen LogP contribution in [0.4, 0.5) is 4.79 Å². The summed E-state index contributed by atoms with van der Waals surface area (Å²) in [4.78, 5) is 12.2. The van der Waals surface area contributed by atoms with Crippen LogP contribution in [0, 0.1) is 0 Å². The van der Waals surface area contributed by atoms with Crippen molar-refractivity contribution in [2.75, 3.05) is 13.1 Å². The smallest absolute Gasteiger partial charge is 0.407 e. The van der Waals surface area contributed by atoms with Gasteiger partial charge in [0.15, 0.2) is 0 Å². The van der Waals surface area contributed by atoms with Crippen LogP contribution in [0.25, 0.3) is 0 Å². The molecule has 0 aliphatic carbocycles. The third-order valence-corrected chi connectivity index (χ3v) is 5.97. The van der Waals surface area contributed by atoms with Crippen molar-refractivity contribution in [3.63, 3.8) is 0 Å². The molecule has 0 aromatic rings. The first-order valence-electron chi connectivity index (χ1n) is 14.1. The molecule has 1 unspecified atom stereocenters. The van der Waals surface area contributed by atoms with Gasteiger partial charge in [-0.05, 0) is 40.2 Å². The summed E-state index contributed by atoms with van der Waals surface area (Å²) in [5, 5.41) is 6.63. The fourth-order valence-corrected chi connectivity index (χ4v) is 4.06. The lowest BCUT2D eigenvalue weighted by atomic mass is 10.0. The predicted molar refractivity (Wildman–Crippen MR) is 140 cm³/mol. The van der Waals surface area contributed by atoms with Crippen molar-refractivity contribution in [3.05, 3.63) is 0 Å². The topological polar surface area (TPSA) is 50.4 Å². The second kappa shape index (κ2) is 22.0. The van der Waals surface area contributed by atoms with Crippen molar-refractivity contribution < 1.29 is 9.53 Å². The van der Waals surface area contributed by atoms with E-state index in [0.717, 1.165) is 19.5 Å². The van der Waals surface area contributed by atoms with Crippen LogP contribution >= 0.6 is 0 Å². The third kappa shape index (κ3) is 23.9. The molecule has 0 saturated carbocycles. The fraction of sp³-hybridized carbons (Fsp3) is 0.964. The first-order valence-corrected chi connectivity index (χ1v) is 14.1. The standard InChI is InChI=1S/C28H58N2O2/c1-6-8-10-12-13-14-15-16-17-18-19-20-21-23-26(25-29-24-22-11-9-7-2)30-27(31)32-28(3,4)5/h26,29H,6-25H2,1-5H3,(H,30,31). The Labute approximate surface area is 201 Å². The highest BCUT2D eigenvalue weighted by molar-refractivity contribution is 5.68. The quantitative estimate of drug-likeness (QED) is 0.161. The number of ether oxygens (including phenoxy) is 1. The molecule has 32 heavy (non-hydrogen) atoms. The molecule has 1 amide bonds. The molecular formula is C28H58N2O2. The monoisotopic (exact) mass is 454 g/mol. The predicted octanol–water partition coefficient (Wildman–Crippen LogP) is 8.53. The molecule has 0 rings (SSSR count). The lowest BCUT2D eigenvalue weighted by molar-refractivity contribution is 0.0500. The van der Waals surface area contributed by atoms with Gasteiger partial charge in [-0.25, -0.2) is 4.79 Å². The van der Waals surface area contributed by atoms with E-state index in [4.69, 9.17) is 4.74 Å². The van der Waals surface area contributed by atoms with E-state index in [1.807, 2.05) is 20.8 Å². The number of nitrogens with one attached hydrogen (secondary N) is 2. The minimum absolute atomic E-state index is 0.156. The molecular weight excluding hydrogens is 396 g/mol. The number of carbonyl (C=O) groups is 1. The van der Waals surface area contributed by atoms with Crippen molar-refractivity contribution in [2.24, 2.45) is 0 Å². The molecule has 2 N–H and O–H groups in total. The molecule has 0 fully saturated rings. The Morgan fingerprint density at radius 1 is 0.688 bits per heavy atom. The van der Waals surface area contributed by atoms with Crippen molar-refractivity contribution in [1.29, 1.82) is 0 Å². The van der Waals surface area contributed by atoms with Crippen LogP contribution in [0.2, 0.25) is 0 Å². The van der Waals surface area contributed by atoms with E-state index < -0.39 is 5.60 Å². The number of hydrogen-bond acceptors (Lipinski definition) is 3. The molecule has 0 heterocycles. The van der Waals surface area contributed by atoms with E-state index in [2.05, 4.69) is 24.5 Å². The van der Waals surface area contributed by atoms with Gasteiger partial charge in [0.05, 0.1) is 0 Å². The van der Waals surface area contributed by atoms with Crippen LogP contribution in [0.1, 0.15) is 150 Å². The minimum atomic E-state index is -0.447. The maximum absolute atomic E-state index is 12.2. The van der Waals surface area contributed by atoms with Crippen LogP contribution < -0.4 is 10.6 Å². The van der Waals surface area contributed by atoms with Gasteiger partial charge in [0.25, 0.3) is 0 Å². The summed E-state index contributed by atoms with van der Waals surface area (Å²) in [5.74, 6) is 0. The summed E-state index contributed by atoms with van der Waals surface area (Å²) in [6.07, 6.45) is 23.6. The number of alkyl carbamates (subject to hydrolysis) is 1. The van der Waals surface area contributed by atoms with Gasteiger partial charge in [0.1, 0.15) is 5.60 Å². The molecule has 192 valence electrons. The van der Waals surface area contributed by atoms with Gasteiger partial charge in [-0.2, -0.15) is 0 Å². The van der Waals surface area contributed by atoms with Crippen LogP contribution in [-0.2, 0) is 4.74 Å². The highest BCUT2D eigenvalue weighted by Gasteiger charge is 2.19. The summed E-state index contributed by atoms with van der Waals surface area (Å²) in [5.41, 5.74) is -0.447. The zero-order valence-electron chi connectivity index (χ0n) is 22.5. The average molecular weight is 455 g/mol. The molecule has 0 aromatic carbocycles. The zero-order chi connectivity index (χ0) is 23.9. The molecule has 0 radical (unpaired) electrons. The van der Waals surface area contributed by atoms with Crippen molar-refractivity contribution in [2.45, 2.75) is 162 Å². The van der Waals surface area contributed by atoms with Gasteiger partial charge in [0, 0.05) is 12.6 Å². The Morgan fingerprint density at radius 2 is 1.12 bits per heavy atom. The molecule has 0 aromatic heterocycles. The average Bonchev–Trinajstić information content (AvgIpc) is 2.72. The van der Waals surface area contributed by atoms with Crippen LogP contribution in [0.5, 0.6) is 0 Å². The number of carbonyl (C=O) groups excluding carboxylic acids is 1. The first kappa shape index (κ1) is 31.2. The number of hydrogen-bond donors (Lipinski definition) is 2. The highest BCUT2D eigenvalue weighted by Crippen LogP contribution is 2.14. The molecule has 1 atom stereocenters. The van der Waals surface area contributed by atoms with Crippen LogP contribution in [-0.4, -0.2) is 30.8 Å². The second-order valence-corrected chi connectivity index (χ2v) is 10.6. The van der Waals surface area contributed by atoms with Gasteiger partial charge in [0.2, 0.25) is 0 Å². The molecule has 0 bridgehead atoms.